The highest BCUT2D eigenvalue weighted by atomic mass is 127. The zero-order valence-electron chi connectivity index (χ0n) is 13.2. The lowest BCUT2D eigenvalue weighted by Gasteiger charge is -2.18. The lowest BCUT2D eigenvalue weighted by Crippen LogP contribution is -2.44. The lowest BCUT2D eigenvalue weighted by molar-refractivity contribution is 0.0972. The molecule has 1 aliphatic heterocycles. The first-order chi connectivity index (χ1) is 10.7. The standard InChI is InChI=1S/C15H23N5O2.HI/c1-17-15(18-8-12-4-5-13(22-12)14(16)21)19-10-6-7-20(9-10)11-2-3-11;/h4-5,10-11H,2-3,6-9H2,1H3,(H2,16,21)(H2,17,18,19);1H. The topological polar surface area (TPSA) is 95.9 Å². The summed E-state index contributed by atoms with van der Waals surface area (Å²) in [6.45, 7) is 2.71. The van der Waals surface area contributed by atoms with Gasteiger partial charge in [-0.15, -0.1) is 24.0 Å². The number of rotatable bonds is 5. The van der Waals surface area contributed by atoms with E-state index < -0.39 is 5.91 Å². The molecule has 1 aromatic heterocycles. The second kappa shape index (κ2) is 8.00. The second-order valence-corrected chi connectivity index (χ2v) is 5.91. The molecule has 3 rings (SSSR count). The van der Waals surface area contributed by atoms with Crippen LogP contribution >= 0.6 is 24.0 Å². The van der Waals surface area contributed by atoms with Gasteiger partial charge in [0.15, 0.2) is 11.7 Å². The molecule has 1 saturated carbocycles. The molecule has 1 aromatic rings. The number of amides is 1. The van der Waals surface area contributed by atoms with E-state index in [1.54, 1.807) is 19.2 Å². The van der Waals surface area contributed by atoms with Crippen LogP contribution in [0.1, 0.15) is 35.6 Å². The van der Waals surface area contributed by atoms with E-state index in [0.717, 1.165) is 25.0 Å². The Morgan fingerprint density at radius 2 is 2.22 bits per heavy atom. The molecule has 1 aliphatic carbocycles. The van der Waals surface area contributed by atoms with E-state index >= 15 is 0 Å². The monoisotopic (exact) mass is 433 g/mol. The minimum absolute atomic E-state index is 0. The molecule has 0 radical (unpaired) electrons. The van der Waals surface area contributed by atoms with Crippen LogP contribution in [0, 0.1) is 0 Å². The van der Waals surface area contributed by atoms with Crippen molar-refractivity contribution < 1.29 is 9.21 Å². The van der Waals surface area contributed by atoms with E-state index in [1.165, 1.54) is 19.4 Å². The summed E-state index contributed by atoms with van der Waals surface area (Å²) < 4.78 is 5.34. The maximum atomic E-state index is 11.0. The Morgan fingerprint density at radius 3 is 2.83 bits per heavy atom. The van der Waals surface area contributed by atoms with Crippen LogP contribution in [0.25, 0.3) is 0 Å². The number of hydrogen-bond donors (Lipinski definition) is 3. The molecular formula is C15H24IN5O2. The summed E-state index contributed by atoms with van der Waals surface area (Å²) >= 11 is 0. The van der Waals surface area contributed by atoms with Crippen LogP contribution in [0.3, 0.4) is 0 Å². The van der Waals surface area contributed by atoms with E-state index in [2.05, 4.69) is 20.5 Å². The van der Waals surface area contributed by atoms with Gasteiger partial charge < -0.3 is 20.8 Å². The molecule has 2 heterocycles. The van der Waals surface area contributed by atoms with Gasteiger partial charge in [-0.3, -0.25) is 14.7 Å². The van der Waals surface area contributed by atoms with Crippen LogP contribution in [0.5, 0.6) is 0 Å². The van der Waals surface area contributed by atoms with Crippen LogP contribution in [0.4, 0.5) is 0 Å². The summed E-state index contributed by atoms with van der Waals surface area (Å²) in [5.41, 5.74) is 5.17. The number of halogens is 1. The molecule has 1 atom stereocenters. The first-order valence-corrected chi connectivity index (χ1v) is 7.75. The zero-order chi connectivity index (χ0) is 15.5. The predicted octanol–water partition coefficient (Wildman–Crippen LogP) is 0.898. The van der Waals surface area contributed by atoms with E-state index in [4.69, 9.17) is 10.2 Å². The van der Waals surface area contributed by atoms with Crippen molar-refractivity contribution >= 4 is 35.8 Å². The van der Waals surface area contributed by atoms with Crippen molar-refractivity contribution in [1.29, 1.82) is 0 Å². The third-order valence-corrected chi connectivity index (χ3v) is 4.18. The summed E-state index contributed by atoms with van der Waals surface area (Å²) in [7, 11) is 1.75. The van der Waals surface area contributed by atoms with Gasteiger partial charge in [-0.1, -0.05) is 0 Å². The van der Waals surface area contributed by atoms with Crippen molar-refractivity contribution in [1.82, 2.24) is 15.5 Å². The third kappa shape index (κ3) is 4.84. The second-order valence-electron chi connectivity index (χ2n) is 5.91. The van der Waals surface area contributed by atoms with E-state index in [1.807, 2.05) is 0 Å². The van der Waals surface area contributed by atoms with Crippen molar-refractivity contribution in [2.45, 2.75) is 37.9 Å². The van der Waals surface area contributed by atoms with Crippen molar-refractivity contribution in [2.24, 2.45) is 10.7 Å². The summed E-state index contributed by atoms with van der Waals surface area (Å²) in [5.74, 6) is 1.03. The molecule has 1 saturated heterocycles. The Bertz CT molecular complexity index is 570. The van der Waals surface area contributed by atoms with Gasteiger partial charge >= 0.3 is 0 Å². The number of primary amides is 1. The minimum Gasteiger partial charge on any atom is -0.454 e. The van der Waals surface area contributed by atoms with Gasteiger partial charge in [-0.05, 0) is 31.4 Å². The number of nitrogens with one attached hydrogen (secondary N) is 2. The number of carbonyl (C=O) groups excluding carboxylic acids is 1. The fourth-order valence-electron chi connectivity index (χ4n) is 2.84. The number of guanidine groups is 1. The van der Waals surface area contributed by atoms with Crippen LogP contribution in [0.2, 0.25) is 0 Å². The molecule has 23 heavy (non-hydrogen) atoms. The Labute approximate surface area is 153 Å². The number of aliphatic imine (C=N–C) groups is 1. The van der Waals surface area contributed by atoms with Gasteiger partial charge in [0, 0.05) is 32.2 Å². The molecule has 1 unspecified atom stereocenters. The van der Waals surface area contributed by atoms with E-state index in [9.17, 15) is 4.79 Å². The normalized spacial score (nSPS) is 21.8. The first-order valence-electron chi connectivity index (χ1n) is 7.75. The van der Waals surface area contributed by atoms with Gasteiger partial charge in [-0.25, -0.2) is 0 Å². The Balaban J connectivity index is 0.00000192. The van der Waals surface area contributed by atoms with Crippen molar-refractivity contribution in [3.05, 3.63) is 23.7 Å². The molecule has 0 bridgehead atoms. The molecule has 4 N–H and O–H groups in total. The molecule has 0 spiro atoms. The average Bonchev–Trinajstić information content (AvgIpc) is 3.07. The highest BCUT2D eigenvalue weighted by molar-refractivity contribution is 14.0. The summed E-state index contributed by atoms with van der Waals surface area (Å²) in [6.07, 6.45) is 3.84. The molecule has 8 heteroatoms. The fourth-order valence-corrected chi connectivity index (χ4v) is 2.84. The van der Waals surface area contributed by atoms with Crippen molar-refractivity contribution in [3.63, 3.8) is 0 Å². The van der Waals surface area contributed by atoms with E-state index in [-0.39, 0.29) is 29.7 Å². The van der Waals surface area contributed by atoms with Crippen LogP contribution in [-0.2, 0) is 6.54 Å². The van der Waals surface area contributed by atoms with E-state index in [0.29, 0.717) is 18.3 Å². The lowest BCUT2D eigenvalue weighted by atomic mass is 10.3. The third-order valence-electron chi connectivity index (χ3n) is 4.18. The first kappa shape index (κ1) is 18.1. The zero-order valence-corrected chi connectivity index (χ0v) is 15.6. The largest absolute Gasteiger partial charge is 0.454 e. The Hall–Kier alpha value is -1.29. The molecule has 7 nitrogen and oxygen atoms in total. The highest BCUT2D eigenvalue weighted by Gasteiger charge is 2.34. The van der Waals surface area contributed by atoms with Crippen molar-refractivity contribution in [3.8, 4) is 0 Å². The molecule has 2 fully saturated rings. The molecule has 1 amide bonds. The Kier molecular flexibility index (Phi) is 6.28. The number of carbonyl (C=O) groups is 1. The van der Waals surface area contributed by atoms with Crippen LogP contribution < -0.4 is 16.4 Å². The summed E-state index contributed by atoms with van der Waals surface area (Å²) in [4.78, 5) is 17.8. The van der Waals surface area contributed by atoms with Gasteiger partial charge in [0.05, 0.1) is 6.54 Å². The van der Waals surface area contributed by atoms with Gasteiger partial charge in [0.1, 0.15) is 5.76 Å². The van der Waals surface area contributed by atoms with Crippen LogP contribution in [-0.4, -0.2) is 49.0 Å². The highest BCUT2D eigenvalue weighted by Crippen LogP contribution is 2.29. The van der Waals surface area contributed by atoms with Crippen LogP contribution in [0.15, 0.2) is 21.5 Å². The number of likely N-dealkylation sites (tertiary alicyclic amines) is 1. The maximum Gasteiger partial charge on any atom is 0.284 e. The van der Waals surface area contributed by atoms with Gasteiger partial charge in [-0.2, -0.15) is 0 Å². The number of furan rings is 1. The maximum absolute atomic E-state index is 11.0. The van der Waals surface area contributed by atoms with Gasteiger partial charge in [0.2, 0.25) is 0 Å². The number of nitrogens with zero attached hydrogens (tertiary/aromatic N) is 2. The number of nitrogens with two attached hydrogens (primary N) is 1. The fraction of sp³-hybridized carbons (Fsp3) is 0.600. The number of hydrogen-bond acceptors (Lipinski definition) is 4. The molecule has 0 aromatic carbocycles. The smallest absolute Gasteiger partial charge is 0.284 e. The Morgan fingerprint density at radius 1 is 1.43 bits per heavy atom. The average molecular weight is 433 g/mol. The van der Waals surface area contributed by atoms with Crippen molar-refractivity contribution in [2.75, 3.05) is 20.1 Å². The SMILES string of the molecule is CN=C(NCc1ccc(C(N)=O)o1)NC1CCN(C2CC2)C1.I. The minimum atomic E-state index is -0.556. The quantitative estimate of drug-likeness (QED) is 0.365. The summed E-state index contributed by atoms with van der Waals surface area (Å²) in [5, 5.41) is 6.64. The molecule has 128 valence electrons. The summed E-state index contributed by atoms with van der Waals surface area (Å²) in [6, 6.07) is 4.58. The van der Waals surface area contributed by atoms with Gasteiger partial charge in [0.25, 0.3) is 5.91 Å². The molecular weight excluding hydrogens is 409 g/mol. The predicted molar refractivity (Wildman–Crippen MR) is 99.0 cm³/mol. The molecule has 2 aliphatic rings.